The Morgan fingerprint density at radius 1 is 1.44 bits per heavy atom. The van der Waals surface area contributed by atoms with Gasteiger partial charge < -0.3 is 0 Å². The molecule has 1 aliphatic rings. The summed E-state index contributed by atoms with van der Waals surface area (Å²) in [4.78, 5) is 12.0. The first kappa shape index (κ1) is 11.6. The Labute approximate surface area is 99.1 Å². The summed E-state index contributed by atoms with van der Waals surface area (Å²) in [5.74, 6) is 0.180. The summed E-state index contributed by atoms with van der Waals surface area (Å²) >= 11 is 1.62. The summed E-state index contributed by atoms with van der Waals surface area (Å²) in [6.07, 6.45) is 0. The molecule has 1 aliphatic heterocycles. The van der Waals surface area contributed by atoms with Gasteiger partial charge in [-0.15, -0.1) is 11.8 Å². The Morgan fingerprint density at radius 3 is 2.81 bits per heavy atom. The van der Waals surface area contributed by atoms with Gasteiger partial charge in [-0.05, 0) is 6.92 Å². The average Bonchev–Trinajstić information content (AvgIpc) is 2.82. The molecule has 16 heavy (non-hydrogen) atoms. The van der Waals surface area contributed by atoms with Gasteiger partial charge in [0, 0.05) is 12.1 Å². The van der Waals surface area contributed by atoms with Gasteiger partial charge in [-0.2, -0.15) is 5.53 Å². The van der Waals surface area contributed by atoms with Gasteiger partial charge in [-0.3, -0.25) is 4.79 Å². The maximum Gasteiger partial charge on any atom is 0.175 e. The second-order valence-electron chi connectivity index (χ2n) is 3.65. The molecule has 1 fully saturated rings. The van der Waals surface area contributed by atoms with Crippen LogP contribution in [0.3, 0.4) is 0 Å². The Hall–Kier alpha value is -0.880. The molecule has 2 unspecified atom stereocenters. The molecule has 1 aromatic rings. The van der Waals surface area contributed by atoms with Crippen molar-refractivity contribution in [3.8, 4) is 0 Å². The maximum atomic E-state index is 12.0. The molecule has 0 amide bonds. The zero-order valence-corrected chi connectivity index (χ0v) is 9.88. The number of hydrazine groups is 2. The van der Waals surface area contributed by atoms with Crippen molar-refractivity contribution in [3.05, 3.63) is 35.9 Å². The van der Waals surface area contributed by atoms with Crippen molar-refractivity contribution in [2.24, 2.45) is 0 Å². The van der Waals surface area contributed by atoms with Crippen LogP contribution in [0.5, 0.6) is 0 Å². The number of ketones is 1. The van der Waals surface area contributed by atoms with Crippen LogP contribution in [0.2, 0.25) is 0 Å². The van der Waals surface area contributed by atoms with Crippen LogP contribution in [0, 0.1) is 0 Å². The first-order valence-electron chi connectivity index (χ1n) is 5.25. The van der Waals surface area contributed by atoms with E-state index in [1.165, 1.54) is 0 Å². The molecule has 1 heterocycles. The van der Waals surface area contributed by atoms with Crippen LogP contribution in [-0.2, 0) is 0 Å². The molecule has 3 N–H and O–H groups in total. The van der Waals surface area contributed by atoms with Gasteiger partial charge in [-0.25, -0.2) is 10.9 Å². The molecular formula is C11H15N3OS. The van der Waals surface area contributed by atoms with Gasteiger partial charge in [0.1, 0.15) is 0 Å². The summed E-state index contributed by atoms with van der Waals surface area (Å²) < 4.78 is 0. The smallest absolute Gasteiger partial charge is 0.175 e. The number of rotatable bonds is 4. The number of Topliss-reactive ketones (excluding diaryl/α,β-unsaturated/α-hetero) is 1. The maximum absolute atomic E-state index is 12.0. The predicted molar refractivity (Wildman–Crippen MR) is 65.9 cm³/mol. The van der Waals surface area contributed by atoms with E-state index < -0.39 is 0 Å². The molecule has 0 spiro atoms. The highest BCUT2D eigenvalue weighted by molar-refractivity contribution is 8.01. The highest BCUT2D eigenvalue weighted by Crippen LogP contribution is 2.20. The molecule has 0 aromatic heterocycles. The lowest BCUT2D eigenvalue weighted by Gasteiger charge is -2.14. The third kappa shape index (κ3) is 2.82. The van der Waals surface area contributed by atoms with E-state index in [9.17, 15) is 4.79 Å². The summed E-state index contributed by atoms with van der Waals surface area (Å²) in [5, 5.41) is 0.198. The number of hydrogen-bond donors (Lipinski definition) is 3. The predicted octanol–water partition coefficient (Wildman–Crippen LogP) is 0.929. The molecule has 0 saturated carbocycles. The van der Waals surface area contributed by atoms with Crippen LogP contribution in [0.4, 0.5) is 0 Å². The van der Waals surface area contributed by atoms with Crippen molar-refractivity contribution in [3.63, 3.8) is 0 Å². The summed E-state index contributed by atoms with van der Waals surface area (Å²) in [7, 11) is 0. The number of carbonyl (C=O) groups excluding carboxylic acids is 1. The van der Waals surface area contributed by atoms with E-state index >= 15 is 0 Å². The normalized spacial score (nSPS) is 21.9. The van der Waals surface area contributed by atoms with Gasteiger partial charge in [0.15, 0.2) is 5.78 Å². The summed E-state index contributed by atoms with van der Waals surface area (Å²) in [6.45, 7) is 2.76. The van der Waals surface area contributed by atoms with Crippen LogP contribution in [0.25, 0.3) is 0 Å². The van der Waals surface area contributed by atoms with Gasteiger partial charge in [0.25, 0.3) is 0 Å². The van der Waals surface area contributed by atoms with Crippen molar-refractivity contribution in [1.82, 2.24) is 16.4 Å². The van der Waals surface area contributed by atoms with Crippen LogP contribution < -0.4 is 16.4 Å². The minimum Gasteiger partial charge on any atom is -0.293 e. The Morgan fingerprint density at radius 2 is 2.19 bits per heavy atom. The van der Waals surface area contributed by atoms with Crippen molar-refractivity contribution < 1.29 is 4.79 Å². The number of benzene rings is 1. The second kappa shape index (κ2) is 5.45. The molecule has 5 heteroatoms. The number of nitrogens with one attached hydrogen (secondary N) is 3. The fraction of sp³-hybridized carbons (Fsp3) is 0.364. The monoisotopic (exact) mass is 237 g/mol. The molecule has 86 valence electrons. The van der Waals surface area contributed by atoms with E-state index in [1.807, 2.05) is 37.3 Å². The number of thioether (sulfide) groups is 1. The summed E-state index contributed by atoms with van der Waals surface area (Å²) in [5.41, 5.74) is 9.61. The number of carbonyl (C=O) groups is 1. The average molecular weight is 237 g/mol. The molecule has 2 rings (SSSR count). The molecule has 4 nitrogen and oxygen atoms in total. The third-order valence-corrected chi connectivity index (χ3v) is 3.64. The van der Waals surface area contributed by atoms with E-state index in [-0.39, 0.29) is 16.4 Å². The molecule has 2 atom stereocenters. The van der Waals surface area contributed by atoms with Crippen molar-refractivity contribution in [1.29, 1.82) is 0 Å². The van der Waals surface area contributed by atoms with Crippen molar-refractivity contribution >= 4 is 17.5 Å². The highest BCUT2D eigenvalue weighted by Gasteiger charge is 2.22. The van der Waals surface area contributed by atoms with E-state index in [2.05, 4.69) is 16.4 Å². The van der Waals surface area contributed by atoms with E-state index in [0.29, 0.717) is 0 Å². The summed E-state index contributed by atoms with van der Waals surface area (Å²) in [6, 6.07) is 9.42. The Balaban J connectivity index is 1.94. The first-order valence-corrected chi connectivity index (χ1v) is 6.20. The van der Waals surface area contributed by atoms with E-state index in [4.69, 9.17) is 0 Å². The number of hydrogen-bond acceptors (Lipinski definition) is 5. The van der Waals surface area contributed by atoms with Crippen LogP contribution in [-0.4, -0.2) is 23.0 Å². The van der Waals surface area contributed by atoms with Gasteiger partial charge in [0.2, 0.25) is 0 Å². The fourth-order valence-electron chi connectivity index (χ4n) is 1.55. The van der Waals surface area contributed by atoms with Gasteiger partial charge >= 0.3 is 0 Å². The third-order valence-electron chi connectivity index (χ3n) is 2.40. The van der Waals surface area contributed by atoms with E-state index in [1.54, 1.807) is 11.8 Å². The highest BCUT2D eigenvalue weighted by atomic mass is 32.2. The molecule has 0 aliphatic carbocycles. The lowest BCUT2D eigenvalue weighted by molar-refractivity contribution is 0.0994. The van der Waals surface area contributed by atoms with Gasteiger partial charge in [-0.1, -0.05) is 30.3 Å². The first-order chi connectivity index (χ1) is 7.77. The molecule has 1 aromatic carbocycles. The SMILES string of the molecule is CC(SC1CNNN1)C(=O)c1ccccc1. The second-order valence-corrected chi connectivity index (χ2v) is 5.20. The molecule has 0 radical (unpaired) electrons. The zero-order chi connectivity index (χ0) is 11.4. The molecule has 0 bridgehead atoms. The lowest BCUT2D eigenvalue weighted by Crippen LogP contribution is -2.33. The zero-order valence-electron chi connectivity index (χ0n) is 9.07. The fourth-order valence-corrected chi connectivity index (χ4v) is 2.61. The van der Waals surface area contributed by atoms with Crippen LogP contribution >= 0.6 is 11.8 Å². The minimum atomic E-state index is -0.0402. The largest absolute Gasteiger partial charge is 0.293 e. The quantitative estimate of drug-likeness (QED) is 0.680. The Bertz CT molecular complexity index is 352. The molecular weight excluding hydrogens is 222 g/mol. The molecule has 1 saturated heterocycles. The van der Waals surface area contributed by atoms with Crippen LogP contribution in [0.15, 0.2) is 30.3 Å². The lowest BCUT2D eigenvalue weighted by atomic mass is 10.1. The van der Waals surface area contributed by atoms with Crippen LogP contribution in [0.1, 0.15) is 17.3 Å². The minimum absolute atomic E-state index is 0.0402. The van der Waals surface area contributed by atoms with Gasteiger partial charge in [0.05, 0.1) is 10.6 Å². The standard InChI is InChI=1S/C11H15N3OS/c1-8(16-10-7-12-14-13-10)11(15)9-5-3-2-4-6-9/h2-6,8,10,12-14H,7H2,1H3. The Kier molecular flexibility index (Phi) is 3.95. The van der Waals surface area contributed by atoms with Crippen molar-refractivity contribution in [2.75, 3.05) is 6.54 Å². The topological polar surface area (TPSA) is 53.2 Å². The van der Waals surface area contributed by atoms with Crippen molar-refractivity contribution in [2.45, 2.75) is 17.5 Å². The van der Waals surface area contributed by atoms with E-state index in [0.717, 1.165) is 12.1 Å².